The molecular formula is C17H25NO3. The summed E-state index contributed by atoms with van der Waals surface area (Å²) in [6, 6.07) is 6.55. The van der Waals surface area contributed by atoms with Gasteiger partial charge in [-0.1, -0.05) is 17.7 Å². The first kappa shape index (κ1) is 15.8. The Kier molecular flexibility index (Phi) is 4.88. The number of carbonyl (C=O) groups excluding carboxylic acids is 1. The van der Waals surface area contributed by atoms with Crippen LogP contribution in [0.25, 0.3) is 0 Å². The summed E-state index contributed by atoms with van der Waals surface area (Å²) in [6.45, 7) is 6.46. The average molecular weight is 291 g/mol. The molecule has 0 amide bonds. The van der Waals surface area contributed by atoms with Crippen molar-refractivity contribution in [2.45, 2.75) is 51.6 Å². The Hall–Kier alpha value is -1.55. The van der Waals surface area contributed by atoms with Gasteiger partial charge in [-0.05, 0) is 45.2 Å². The Morgan fingerprint density at radius 1 is 1.38 bits per heavy atom. The summed E-state index contributed by atoms with van der Waals surface area (Å²) >= 11 is 0. The lowest BCUT2D eigenvalue weighted by molar-refractivity contribution is -0.148. The van der Waals surface area contributed by atoms with Crippen molar-refractivity contribution in [3.8, 4) is 5.75 Å². The third-order valence-corrected chi connectivity index (χ3v) is 3.93. The number of carbonyl (C=O) groups is 1. The maximum atomic E-state index is 12.0. The molecule has 1 unspecified atom stereocenters. The van der Waals surface area contributed by atoms with Gasteiger partial charge in [-0.15, -0.1) is 0 Å². The van der Waals surface area contributed by atoms with Crippen molar-refractivity contribution in [2.75, 3.05) is 13.7 Å². The molecule has 21 heavy (non-hydrogen) atoms. The van der Waals surface area contributed by atoms with Gasteiger partial charge in [0, 0.05) is 12.5 Å². The van der Waals surface area contributed by atoms with E-state index < -0.39 is 5.54 Å². The predicted molar refractivity (Wildman–Crippen MR) is 82.6 cm³/mol. The minimum Gasteiger partial charge on any atom is -0.493 e. The van der Waals surface area contributed by atoms with E-state index in [9.17, 15) is 4.79 Å². The largest absolute Gasteiger partial charge is 0.493 e. The normalized spacial score (nSPS) is 17.1. The number of hydrogen-bond donors (Lipinski definition) is 1. The van der Waals surface area contributed by atoms with Crippen LogP contribution < -0.4 is 10.1 Å². The Balaban J connectivity index is 1.93. The Labute approximate surface area is 126 Å². The van der Waals surface area contributed by atoms with Crippen molar-refractivity contribution in [3.63, 3.8) is 0 Å². The second-order valence-electron chi connectivity index (χ2n) is 6.11. The zero-order chi connectivity index (χ0) is 15.5. The molecule has 0 aliphatic heterocycles. The third-order valence-electron chi connectivity index (χ3n) is 3.93. The lowest BCUT2D eigenvalue weighted by Crippen LogP contribution is -2.52. The SMILES string of the molecule is COC(=O)C(C)(CCOc1ccc(C)cc1C)NC1CC1. The molecular weight excluding hydrogens is 266 g/mol. The van der Waals surface area contributed by atoms with Crippen molar-refractivity contribution in [1.29, 1.82) is 0 Å². The zero-order valence-electron chi connectivity index (χ0n) is 13.4. The van der Waals surface area contributed by atoms with Gasteiger partial charge < -0.3 is 9.47 Å². The van der Waals surface area contributed by atoms with Crippen LogP contribution in [0, 0.1) is 13.8 Å². The van der Waals surface area contributed by atoms with Crippen LogP contribution in [-0.2, 0) is 9.53 Å². The molecule has 0 saturated heterocycles. The Morgan fingerprint density at radius 3 is 2.67 bits per heavy atom. The van der Waals surface area contributed by atoms with Crippen LogP contribution in [0.15, 0.2) is 18.2 Å². The predicted octanol–water partition coefficient (Wildman–Crippen LogP) is 2.76. The zero-order valence-corrected chi connectivity index (χ0v) is 13.4. The molecule has 0 heterocycles. The monoisotopic (exact) mass is 291 g/mol. The summed E-state index contributed by atoms with van der Waals surface area (Å²) in [6.07, 6.45) is 2.85. The lowest BCUT2D eigenvalue weighted by Gasteiger charge is -2.28. The summed E-state index contributed by atoms with van der Waals surface area (Å²) in [5.74, 6) is 0.651. The summed E-state index contributed by atoms with van der Waals surface area (Å²) in [5.41, 5.74) is 1.66. The van der Waals surface area contributed by atoms with E-state index in [1.165, 1.54) is 12.7 Å². The Morgan fingerprint density at radius 2 is 2.10 bits per heavy atom. The van der Waals surface area contributed by atoms with Crippen molar-refractivity contribution in [3.05, 3.63) is 29.3 Å². The van der Waals surface area contributed by atoms with Crippen molar-refractivity contribution < 1.29 is 14.3 Å². The third kappa shape index (κ3) is 4.21. The van der Waals surface area contributed by atoms with Crippen LogP contribution in [0.2, 0.25) is 0 Å². The standard InChI is InChI=1S/C17H25NO3/c1-12-5-8-15(13(2)11-12)21-10-9-17(3,16(19)20-4)18-14-6-7-14/h5,8,11,14,18H,6-7,9-10H2,1-4H3. The summed E-state index contributed by atoms with van der Waals surface area (Å²) in [7, 11) is 1.43. The molecule has 0 bridgehead atoms. The quantitative estimate of drug-likeness (QED) is 0.785. The molecule has 1 atom stereocenters. The molecule has 1 N–H and O–H groups in total. The minimum atomic E-state index is -0.672. The molecule has 1 saturated carbocycles. The molecule has 2 rings (SSSR count). The molecule has 4 heteroatoms. The van der Waals surface area contributed by atoms with Gasteiger partial charge in [0.15, 0.2) is 0 Å². The highest BCUT2D eigenvalue weighted by Crippen LogP contribution is 2.25. The van der Waals surface area contributed by atoms with Crippen LogP contribution >= 0.6 is 0 Å². The topological polar surface area (TPSA) is 47.6 Å². The maximum absolute atomic E-state index is 12.0. The maximum Gasteiger partial charge on any atom is 0.325 e. The van der Waals surface area contributed by atoms with Crippen LogP contribution in [0.5, 0.6) is 5.75 Å². The van der Waals surface area contributed by atoms with Crippen molar-refractivity contribution in [2.24, 2.45) is 0 Å². The fraction of sp³-hybridized carbons (Fsp3) is 0.588. The summed E-state index contributed by atoms with van der Waals surface area (Å²) in [5, 5.41) is 3.37. The highest BCUT2D eigenvalue weighted by atomic mass is 16.5. The van der Waals surface area contributed by atoms with Crippen LogP contribution in [0.1, 0.15) is 37.3 Å². The van der Waals surface area contributed by atoms with E-state index in [2.05, 4.69) is 18.3 Å². The van der Waals surface area contributed by atoms with E-state index in [0.717, 1.165) is 24.2 Å². The van der Waals surface area contributed by atoms with Crippen LogP contribution in [-0.4, -0.2) is 31.3 Å². The van der Waals surface area contributed by atoms with Gasteiger partial charge in [0.05, 0.1) is 13.7 Å². The Bertz CT molecular complexity index is 511. The van der Waals surface area contributed by atoms with Gasteiger partial charge in [0.1, 0.15) is 11.3 Å². The molecule has 0 radical (unpaired) electrons. The van der Waals surface area contributed by atoms with Crippen LogP contribution in [0.3, 0.4) is 0 Å². The summed E-state index contributed by atoms with van der Waals surface area (Å²) < 4.78 is 10.8. The van der Waals surface area contributed by atoms with Crippen LogP contribution in [0.4, 0.5) is 0 Å². The number of aryl methyl sites for hydroxylation is 2. The molecule has 4 nitrogen and oxygen atoms in total. The van der Waals surface area contributed by atoms with Gasteiger partial charge in [-0.25, -0.2) is 0 Å². The lowest BCUT2D eigenvalue weighted by atomic mass is 9.98. The number of benzene rings is 1. The van der Waals surface area contributed by atoms with E-state index in [1.807, 2.05) is 26.0 Å². The van der Waals surface area contributed by atoms with Gasteiger partial charge in [-0.2, -0.15) is 0 Å². The number of nitrogens with one attached hydrogen (secondary N) is 1. The number of rotatable bonds is 7. The molecule has 0 spiro atoms. The first-order valence-corrected chi connectivity index (χ1v) is 7.51. The number of methoxy groups -OCH3 is 1. The van der Waals surface area contributed by atoms with E-state index in [0.29, 0.717) is 19.1 Å². The smallest absolute Gasteiger partial charge is 0.325 e. The number of ether oxygens (including phenoxy) is 2. The second-order valence-corrected chi connectivity index (χ2v) is 6.11. The second kappa shape index (κ2) is 6.48. The molecule has 116 valence electrons. The molecule has 1 aliphatic rings. The van der Waals surface area contributed by atoms with Gasteiger partial charge >= 0.3 is 5.97 Å². The molecule has 1 aromatic carbocycles. The van der Waals surface area contributed by atoms with E-state index >= 15 is 0 Å². The molecule has 1 fully saturated rings. The van der Waals surface area contributed by atoms with Gasteiger partial charge in [-0.3, -0.25) is 10.1 Å². The highest BCUT2D eigenvalue weighted by Gasteiger charge is 2.39. The first-order chi connectivity index (χ1) is 9.94. The van der Waals surface area contributed by atoms with E-state index in [-0.39, 0.29) is 5.97 Å². The highest BCUT2D eigenvalue weighted by molar-refractivity contribution is 5.80. The van der Waals surface area contributed by atoms with Crippen molar-refractivity contribution >= 4 is 5.97 Å². The van der Waals surface area contributed by atoms with Crippen molar-refractivity contribution in [1.82, 2.24) is 5.32 Å². The minimum absolute atomic E-state index is 0.223. The fourth-order valence-electron chi connectivity index (χ4n) is 2.46. The van der Waals surface area contributed by atoms with Gasteiger partial charge in [0.25, 0.3) is 0 Å². The first-order valence-electron chi connectivity index (χ1n) is 7.51. The average Bonchev–Trinajstić information content (AvgIpc) is 3.24. The van der Waals surface area contributed by atoms with E-state index in [4.69, 9.17) is 9.47 Å². The summed E-state index contributed by atoms with van der Waals surface area (Å²) in [4.78, 5) is 12.0. The number of hydrogen-bond acceptors (Lipinski definition) is 4. The molecule has 1 aromatic rings. The fourth-order valence-corrected chi connectivity index (χ4v) is 2.46. The number of esters is 1. The van der Waals surface area contributed by atoms with E-state index in [1.54, 1.807) is 0 Å². The molecule has 0 aromatic heterocycles. The molecule has 1 aliphatic carbocycles. The van der Waals surface area contributed by atoms with Gasteiger partial charge in [0.2, 0.25) is 0 Å².